The third kappa shape index (κ3) is 4.30. The molecule has 0 aliphatic heterocycles. The van der Waals surface area contributed by atoms with Gasteiger partial charge in [-0.3, -0.25) is 4.79 Å². The van der Waals surface area contributed by atoms with Gasteiger partial charge in [0, 0.05) is 10.9 Å². The highest BCUT2D eigenvalue weighted by Gasteiger charge is 2.19. The Bertz CT molecular complexity index is 1070. The Balaban J connectivity index is 1.99. The molecule has 28 heavy (non-hydrogen) atoms. The molecular formula is C18H14Cl2N4O4. The average Bonchev–Trinajstić information content (AvgIpc) is 2.63. The smallest absolute Gasteiger partial charge is 0.329 e. The first-order chi connectivity index (χ1) is 13.4. The number of carboxylic acid groups (broad SMARTS) is 1. The molecule has 3 aromatic rings. The second-order valence-electron chi connectivity index (χ2n) is 5.67. The topological polar surface area (TPSA) is 127 Å². The number of carbonyl (C=O) groups is 2. The van der Waals surface area contributed by atoms with Gasteiger partial charge in [0.25, 0.3) is 0 Å². The molecule has 0 radical (unpaired) electrons. The van der Waals surface area contributed by atoms with Gasteiger partial charge < -0.3 is 20.9 Å². The number of rotatable bonds is 6. The maximum absolute atomic E-state index is 12.0. The summed E-state index contributed by atoms with van der Waals surface area (Å²) in [5.74, 6) is -1.69. The number of amides is 1. The number of benzene rings is 2. The van der Waals surface area contributed by atoms with E-state index in [1.165, 1.54) is 6.07 Å². The van der Waals surface area contributed by atoms with Crippen molar-refractivity contribution in [3.05, 3.63) is 46.4 Å². The van der Waals surface area contributed by atoms with Gasteiger partial charge in [0.05, 0.1) is 26.9 Å². The van der Waals surface area contributed by atoms with Gasteiger partial charge in [0.1, 0.15) is 13.2 Å². The minimum atomic E-state index is -1.17. The number of nitrogen functional groups attached to an aromatic ring is 1. The monoisotopic (exact) mass is 420 g/mol. The van der Waals surface area contributed by atoms with E-state index in [0.29, 0.717) is 27.2 Å². The Morgan fingerprint density at radius 2 is 1.86 bits per heavy atom. The number of nitrogens with two attached hydrogens (primary N) is 1. The van der Waals surface area contributed by atoms with Crippen LogP contribution in [0.3, 0.4) is 0 Å². The van der Waals surface area contributed by atoms with E-state index < -0.39 is 25.1 Å². The highest BCUT2D eigenvalue weighted by Crippen LogP contribution is 2.41. The van der Waals surface area contributed by atoms with Gasteiger partial charge in [-0.1, -0.05) is 41.4 Å². The van der Waals surface area contributed by atoms with Crippen LogP contribution in [0.4, 0.5) is 11.6 Å². The first-order valence-electron chi connectivity index (χ1n) is 7.97. The molecule has 1 aromatic heterocycles. The van der Waals surface area contributed by atoms with Gasteiger partial charge in [-0.25, -0.2) is 14.8 Å². The van der Waals surface area contributed by atoms with Gasteiger partial charge in [0.2, 0.25) is 11.9 Å². The van der Waals surface area contributed by atoms with Crippen LogP contribution in [-0.4, -0.2) is 40.2 Å². The summed E-state index contributed by atoms with van der Waals surface area (Å²) in [7, 11) is 0. The zero-order valence-electron chi connectivity index (χ0n) is 14.3. The Kier molecular flexibility index (Phi) is 5.93. The molecule has 2 aromatic carbocycles. The van der Waals surface area contributed by atoms with Gasteiger partial charge in [-0.2, -0.15) is 0 Å². The van der Waals surface area contributed by atoms with Crippen molar-refractivity contribution in [2.24, 2.45) is 0 Å². The third-order valence-electron chi connectivity index (χ3n) is 3.68. The van der Waals surface area contributed by atoms with Crippen molar-refractivity contribution in [2.75, 3.05) is 24.3 Å². The number of ether oxygens (including phenoxy) is 1. The number of anilines is 2. The standard InChI is InChI=1S/C18H14Cl2N4O4/c19-10-5-6-12(22-13(25)7-28-8-14(26)27)16(20)15(10)17-9-3-1-2-4-11(9)23-18(21)24-17/h1-6H,7-8H2,(H,22,25)(H,26,27)(H2,21,23,24). The summed E-state index contributed by atoms with van der Waals surface area (Å²) in [6.07, 6.45) is 0. The highest BCUT2D eigenvalue weighted by atomic mass is 35.5. The lowest BCUT2D eigenvalue weighted by atomic mass is 10.1. The second-order valence-corrected chi connectivity index (χ2v) is 6.45. The van der Waals surface area contributed by atoms with E-state index >= 15 is 0 Å². The Hall–Kier alpha value is -2.94. The minimum absolute atomic E-state index is 0.0531. The van der Waals surface area contributed by atoms with Crippen molar-refractivity contribution in [1.29, 1.82) is 0 Å². The maximum atomic E-state index is 12.0. The van der Waals surface area contributed by atoms with Crippen LogP contribution in [0.25, 0.3) is 22.2 Å². The molecule has 1 amide bonds. The van der Waals surface area contributed by atoms with Crippen molar-refractivity contribution >= 4 is 57.6 Å². The molecule has 0 unspecified atom stereocenters. The second kappa shape index (κ2) is 8.39. The molecule has 0 atom stereocenters. The fourth-order valence-corrected chi connectivity index (χ4v) is 3.17. The molecular weight excluding hydrogens is 407 g/mol. The van der Waals surface area contributed by atoms with Crippen LogP contribution in [0.5, 0.6) is 0 Å². The molecule has 4 N–H and O–H groups in total. The molecule has 0 fully saturated rings. The van der Waals surface area contributed by atoms with Gasteiger partial charge in [0.15, 0.2) is 0 Å². The number of aliphatic carboxylic acids is 1. The zero-order chi connectivity index (χ0) is 20.3. The number of hydrogen-bond acceptors (Lipinski definition) is 6. The van der Waals surface area contributed by atoms with E-state index in [9.17, 15) is 9.59 Å². The van der Waals surface area contributed by atoms with Crippen LogP contribution in [0, 0.1) is 0 Å². The molecule has 8 nitrogen and oxygen atoms in total. The average molecular weight is 421 g/mol. The number of carboxylic acids is 1. The largest absolute Gasteiger partial charge is 0.480 e. The first kappa shape index (κ1) is 19.8. The SMILES string of the molecule is Nc1nc(-c2c(Cl)ccc(NC(=O)COCC(=O)O)c2Cl)c2ccccc2n1. The summed E-state index contributed by atoms with van der Waals surface area (Å²) in [6.45, 7) is -1.02. The van der Waals surface area contributed by atoms with Crippen LogP contribution in [-0.2, 0) is 14.3 Å². The Labute approximate surface area is 169 Å². The predicted octanol–water partition coefficient (Wildman–Crippen LogP) is 3.23. The number of halogens is 2. The summed E-state index contributed by atoms with van der Waals surface area (Å²) in [5.41, 5.74) is 7.52. The summed E-state index contributed by atoms with van der Waals surface area (Å²) < 4.78 is 4.76. The van der Waals surface area contributed by atoms with Gasteiger partial charge in [-0.15, -0.1) is 0 Å². The Morgan fingerprint density at radius 1 is 1.11 bits per heavy atom. The lowest BCUT2D eigenvalue weighted by molar-refractivity contribution is -0.143. The number of para-hydroxylation sites is 1. The number of aromatic nitrogens is 2. The fraction of sp³-hybridized carbons (Fsp3) is 0.111. The molecule has 144 valence electrons. The lowest BCUT2D eigenvalue weighted by Gasteiger charge is -2.14. The highest BCUT2D eigenvalue weighted by molar-refractivity contribution is 6.41. The van der Waals surface area contributed by atoms with E-state index in [2.05, 4.69) is 15.3 Å². The number of nitrogens with one attached hydrogen (secondary N) is 1. The van der Waals surface area contributed by atoms with Crippen LogP contribution < -0.4 is 11.1 Å². The summed E-state index contributed by atoms with van der Waals surface area (Å²) >= 11 is 12.8. The summed E-state index contributed by atoms with van der Waals surface area (Å²) in [4.78, 5) is 30.9. The molecule has 0 saturated heterocycles. The quantitative estimate of drug-likeness (QED) is 0.558. The molecule has 0 aliphatic rings. The van der Waals surface area contributed by atoms with E-state index in [0.717, 1.165) is 0 Å². The maximum Gasteiger partial charge on any atom is 0.329 e. The van der Waals surface area contributed by atoms with Crippen LogP contribution in [0.1, 0.15) is 0 Å². The summed E-state index contributed by atoms with van der Waals surface area (Å²) in [5, 5.41) is 12.3. The van der Waals surface area contributed by atoms with Crippen molar-refractivity contribution < 1.29 is 19.4 Å². The molecule has 1 heterocycles. The number of hydrogen-bond donors (Lipinski definition) is 3. The number of nitrogens with zero attached hydrogens (tertiary/aromatic N) is 2. The predicted molar refractivity (Wildman–Crippen MR) is 106 cm³/mol. The summed E-state index contributed by atoms with van der Waals surface area (Å²) in [6, 6.07) is 10.3. The van der Waals surface area contributed by atoms with E-state index in [4.69, 9.17) is 38.8 Å². The van der Waals surface area contributed by atoms with Crippen LogP contribution >= 0.6 is 23.2 Å². The van der Waals surface area contributed by atoms with Crippen LogP contribution in [0.15, 0.2) is 36.4 Å². The molecule has 10 heteroatoms. The third-order valence-corrected chi connectivity index (χ3v) is 4.39. The van der Waals surface area contributed by atoms with E-state index in [1.54, 1.807) is 12.1 Å². The molecule has 0 saturated carbocycles. The Morgan fingerprint density at radius 3 is 2.61 bits per heavy atom. The van der Waals surface area contributed by atoms with E-state index in [1.807, 2.05) is 18.2 Å². The molecule has 0 bridgehead atoms. The normalized spacial score (nSPS) is 10.8. The molecule has 0 spiro atoms. The fourth-order valence-electron chi connectivity index (χ4n) is 2.57. The minimum Gasteiger partial charge on any atom is -0.480 e. The number of fused-ring (bicyclic) bond motifs is 1. The van der Waals surface area contributed by atoms with Crippen molar-refractivity contribution in [2.45, 2.75) is 0 Å². The van der Waals surface area contributed by atoms with Crippen molar-refractivity contribution in [1.82, 2.24) is 9.97 Å². The van der Waals surface area contributed by atoms with Gasteiger partial charge >= 0.3 is 5.97 Å². The van der Waals surface area contributed by atoms with E-state index in [-0.39, 0.29) is 16.7 Å². The van der Waals surface area contributed by atoms with Crippen LogP contribution in [0.2, 0.25) is 10.0 Å². The molecule has 0 aliphatic carbocycles. The number of carbonyl (C=O) groups excluding carboxylic acids is 1. The van der Waals surface area contributed by atoms with Crippen molar-refractivity contribution in [3.63, 3.8) is 0 Å². The van der Waals surface area contributed by atoms with Gasteiger partial charge in [-0.05, 0) is 18.2 Å². The zero-order valence-corrected chi connectivity index (χ0v) is 15.8. The first-order valence-corrected chi connectivity index (χ1v) is 8.72. The lowest BCUT2D eigenvalue weighted by Crippen LogP contribution is -2.21. The molecule has 3 rings (SSSR count). The van der Waals surface area contributed by atoms with Crippen molar-refractivity contribution in [3.8, 4) is 11.3 Å².